The summed E-state index contributed by atoms with van der Waals surface area (Å²) < 4.78 is 38.5. The third kappa shape index (κ3) is 3.87. The summed E-state index contributed by atoms with van der Waals surface area (Å²) in [6.07, 6.45) is 7.40. The van der Waals surface area contributed by atoms with Crippen molar-refractivity contribution in [1.29, 1.82) is 0 Å². The summed E-state index contributed by atoms with van der Waals surface area (Å²) in [6.45, 7) is 0.778. The van der Waals surface area contributed by atoms with Gasteiger partial charge < -0.3 is 10.6 Å². The summed E-state index contributed by atoms with van der Waals surface area (Å²) in [7, 11) is 0. The van der Waals surface area contributed by atoms with E-state index in [4.69, 9.17) is 0 Å². The fraction of sp³-hybridized carbons (Fsp3) is 0.263. The molecule has 0 aromatic heterocycles. The molecule has 1 atom stereocenters. The molecule has 2 heterocycles. The Balaban J connectivity index is 1.76. The molecule has 2 aliphatic heterocycles. The minimum absolute atomic E-state index is 0.0236. The van der Waals surface area contributed by atoms with Gasteiger partial charge in [-0.2, -0.15) is 13.2 Å². The van der Waals surface area contributed by atoms with Crippen molar-refractivity contribution in [1.82, 2.24) is 10.6 Å². The van der Waals surface area contributed by atoms with Crippen LogP contribution in [0.3, 0.4) is 0 Å². The molecule has 2 N–H and O–H groups in total. The summed E-state index contributed by atoms with van der Waals surface area (Å²) in [5, 5.41) is 6.00. The molecule has 0 saturated carbocycles. The second-order valence-electron chi connectivity index (χ2n) is 6.08. The number of carbonyl (C=O) groups excluding carboxylic acids is 1. The number of nitrogens with zero attached hydrogens (tertiary/aromatic N) is 1. The van der Waals surface area contributed by atoms with Crippen LogP contribution in [0.5, 0.6) is 0 Å². The van der Waals surface area contributed by atoms with E-state index in [1.54, 1.807) is 6.20 Å². The molecule has 0 saturated heterocycles. The molecule has 26 heavy (non-hydrogen) atoms. The third-order valence-corrected chi connectivity index (χ3v) is 4.37. The maximum atomic E-state index is 12.8. The lowest BCUT2D eigenvalue weighted by Gasteiger charge is -2.36. The van der Waals surface area contributed by atoms with Crippen LogP contribution in [0.1, 0.15) is 22.3 Å². The Morgan fingerprint density at radius 1 is 1.31 bits per heavy atom. The van der Waals surface area contributed by atoms with Gasteiger partial charge in [0, 0.05) is 24.7 Å². The number of alkyl halides is 3. The fourth-order valence-electron chi connectivity index (χ4n) is 2.95. The van der Waals surface area contributed by atoms with Crippen molar-refractivity contribution in [2.75, 3.05) is 13.1 Å². The molecule has 0 radical (unpaired) electrons. The highest BCUT2D eigenvalue weighted by Crippen LogP contribution is 2.29. The maximum Gasteiger partial charge on any atom is 0.416 e. The lowest BCUT2D eigenvalue weighted by Crippen LogP contribution is -2.52. The van der Waals surface area contributed by atoms with Crippen LogP contribution in [0.25, 0.3) is 0 Å². The van der Waals surface area contributed by atoms with Gasteiger partial charge in [-0.25, -0.2) is 0 Å². The number of aliphatic imine (C=N–C) groups is 1. The summed E-state index contributed by atoms with van der Waals surface area (Å²) in [4.78, 5) is 16.6. The second-order valence-corrected chi connectivity index (χ2v) is 6.08. The molecule has 4 nitrogen and oxygen atoms in total. The molecule has 0 bridgehead atoms. The maximum absolute atomic E-state index is 12.8. The average Bonchev–Trinajstić information content (AvgIpc) is 2.67. The van der Waals surface area contributed by atoms with Crippen LogP contribution in [0.2, 0.25) is 0 Å². The zero-order chi connectivity index (χ0) is 18.6. The molecular formula is C19H18F3N3O. The number of hydrogen-bond donors (Lipinski definition) is 2. The Bertz CT molecular complexity index is 808. The fourth-order valence-corrected chi connectivity index (χ4v) is 2.95. The standard InChI is InChI=1S/C19H18F3N3O/c20-19(21,22)16-5-3-4-14(12-16)17(26)24-13-18(8-1-2-9-25-18)15-6-10-23-11-7-15/h1-6,8-9,11-12,25H,7,10,13H2,(H,24,26)/t18-/m0/s1. The lowest BCUT2D eigenvalue weighted by atomic mass is 9.84. The Morgan fingerprint density at radius 3 is 2.81 bits per heavy atom. The van der Waals surface area contributed by atoms with Gasteiger partial charge in [-0.15, -0.1) is 0 Å². The monoisotopic (exact) mass is 361 g/mol. The molecule has 1 aromatic rings. The SMILES string of the molecule is O=C(NC[C@]1(C2=CCN=CC2)C=CC=CN1)c1cccc(C(F)(F)F)c1. The van der Waals surface area contributed by atoms with E-state index in [9.17, 15) is 18.0 Å². The van der Waals surface area contributed by atoms with E-state index >= 15 is 0 Å². The predicted octanol–water partition coefficient (Wildman–Crippen LogP) is 3.25. The molecule has 0 unspecified atom stereocenters. The molecule has 0 fully saturated rings. The van der Waals surface area contributed by atoms with E-state index in [-0.39, 0.29) is 12.1 Å². The van der Waals surface area contributed by atoms with Crippen molar-refractivity contribution in [3.05, 3.63) is 71.5 Å². The zero-order valence-corrected chi connectivity index (χ0v) is 13.9. The Labute approximate surface area is 149 Å². The van der Waals surface area contributed by atoms with Gasteiger partial charge in [0.15, 0.2) is 0 Å². The smallest absolute Gasteiger partial charge is 0.377 e. The topological polar surface area (TPSA) is 53.5 Å². The van der Waals surface area contributed by atoms with E-state index in [1.165, 1.54) is 12.1 Å². The number of benzene rings is 1. The van der Waals surface area contributed by atoms with Crippen molar-refractivity contribution in [2.45, 2.75) is 18.1 Å². The van der Waals surface area contributed by atoms with Gasteiger partial charge in [0.05, 0.1) is 17.6 Å². The molecule has 1 amide bonds. The summed E-state index contributed by atoms with van der Waals surface area (Å²) in [6, 6.07) is 4.40. The Kier molecular flexibility index (Phi) is 4.97. The van der Waals surface area contributed by atoms with Gasteiger partial charge >= 0.3 is 6.18 Å². The number of carbonyl (C=O) groups is 1. The van der Waals surface area contributed by atoms with Crippen molar-refractivity contribution < 1.29 is 18.0 Å². The van der Waals surface area contributed by atoms with Crippen LogP contribution in [0.4, 0.5) is 13.2 Å². The molecule has 0 aliphatic carbocycles. The average molecular weight is 361 g/mol. The normalized spacial score (nSPS) is 21.9. The van der Waals surface area contributed by atoms with Crippen LogP contribution in [0, 0.1) is 0 Å². The molecule has 2 aliphatic rings. The number of hydrogen-bond acceptors (Lipinski definition) is 3. The molecule has 1 aromatic carbocycles. The number of allylic oxidation sites excluding steroid dienone is 2. The van der Waals surface area contributed by atoms with E-state index in [2.05, 4.69) is 15.6 Å². The highest BCUT2D eigenvalue weighted by atomic mass is 19.4. The van der Waals surface area contributed by atoms with Crippen molar-refractivity contribution in [3.8, 4) is 0 Å². The van der Waals surface area contributed by atoms with E-state index in [0.29, 0.717) is 13.0 Å². The van der Waals surface area contributed by atoms with Gasteiger partial charge in [0.1, 0.15) is 0 Å². The predicted molar refractivity (Wildman–Crippen MR) is 94.0 cm³/mol. The minimum atomic E-state index is -4.48. The highest BCUT2D eigenvalue weighted by molar-refractivity contribution is 5.94. The summed E-state index contributed by atoms with van der Waals surface area (Å²) in [5.41, 5.74) is -0.426. The molecule has 0 spiro atoms. The van der Waals surface area contributed by atoms with Crippen LogP contribution < -0.4 is 10.6 Å². The first kappa shape index (κ1) is 18.0. The number of halogens is 3. The summed E-state index contributed by atoms with van der Waals surface area (Å²) in [5.74, 6) is -0.551. The van der Waals surface area contributed by atoms with Gasteiger partial charge in [-0.05, 0) is 36.0 Å². The minimum Gasteiger partial charge on any atom is -0.377 e. The van der Waals surface area contributed by atoms with Crippen molar-refractivity contribution in [3.63, 3.8) is 0 Å². The Morgan fingerprint density at radius 2 is 2.15 bits per heavy atom. The van der Waals surface area contributed by atoms with Gasteiger partial charge in [-0.3, -0.25) is 9.79 Å². The first-order chi connectivity index (χ1) is 12.4. The number of nitrogens with one attached hydrogen (secondary N) is 2. The Hall–Kier alpha value is -2.83. The van der Waals surface area contributed by atoms with E-state index in [0.717, 1.165) is 17.7 Å². The van der Waals surface area contributed by atoms with E-state index < -0.39 is 23.2 Å². The first-order valence-electron chi connectivity index (χ1n) is 8.16. The largest absolute Gasteiger partial charge is 0.416 e. The van der Waals surface area contributed by atoms with Gasteiger partial charge in [-0.1, -0.05) is 24.3 Å². The zero-order valence-electron chi connectivity index (χ0n) is 13.9. The third-order valence-electron chi connectivity index (χ3n) is 4.37. The van der Waals surface area contributed by atoms with Gasteiger partial charge in [0.2, 0.25) is 0 Å². The molecular weight excluding hydrogens is 343 g/mol. The number of dihydropyridines is 2. The highest BCUT2D eigenvalue weighted by Gasteiger charge is 2.33. The second kappa shape index (κ2) is 7.19. The number of amides is 1. The van der Waals surface area contributed by atoms with E-state index in [1.807, 2.05) is 30.5 Å². The van der Waals surface area contributed by atoms with Crippen LogP contribution in [0.15, 0.2) is 65.3 Å². The van der Waals surface area contributed by atoms with Crippen LogP contribution >= 0.6 is 0 Å². The van der Waals surface area contributed by atoms with Gasteiger partial charge in [0.25, 0.3) is 5.91 Å². The summed E-state index contributed by atoms with van der Waals surface area (Å²) >= 11 is 0. The quantitative estimate of drug-likeness (QED) is 0.809. The molecule has 136 valence electrons. The van der Waals surface area contributed by atoms with Crippen molar-refractivity contribution in [2.24, 2.45) is 4.99 Å². The number of rotatable bonds is 4. The molecule has 3 rings (SSSR count). The van der Waals surface area contributed by atoms with Crippen LogP contribution in [-0.4, -0.2) is 30.8 Å². The lowest BCUT2D eigenvalue weighted by molar-refractivity contribution is -0.137. The van der Waals surface area contributed by atoms with Crippen molar-refractivity contribution >= 4 is 12.1 Å². The first-order valence-corrected chi connectivity index (χ1v) is 8.16. The van der Waals surface area contributed by atoms with Crippen LogP contribution in [-0.2, 0) is 6.18 Å². The molecule has 7 heteroatoms.